The molecular weight excluding hydrogens is 212 g/mol. The summed E-state index contributed by atoms with van der Waals surface area (Å²) in [6.45, 7) is 4.20. The smallest absolute Gasteiger partial charge is 0.105 e. The van der Waals surface area contributed by atoms with Gasteiger partial charge >= 0.3 is 0 Å². The first kappa shape index (κ1) is 11.9. The molecule has 2 aromatic rings. The monoisotopic (exact) mass is 230 g/mol. The van der Waals surface area contributed by atoms with Gasteiger partial charge in [0, 0.05) is 6.42 Å². The zero-order valence-electron chi connectivity index (χ0n) is 10.2. The van der Waals surface area contributed by atoms with Crippen molar-refractivity contribution in [3.05, 3.63) is 59.0 Å². The number of hydrogen-bond acceptors (Lipinski definition) is 3. The topological polar surface area (TPSA) is 51.2 Å². The molecule has 1 heterocycles. The third kappa shape index (κ3) is 2.75. The van der Waals surface area contributed by atoms with E-state index in [-0.39, 0.29) is 6.04 Å². The summed E-state index contributed by atoms with van der Waals surface area (Å²) in [5, 5.41) is 0. The molecule has 0 bridgehead atoms. The third-order valence-corrected chi connectivity index (χ3v) is 2.99. The molecule has 0 amide bonds. The highest BCUT2D eigenvalue weighted by atomic mass is 16.3. The van der Waals surface area contributed by atoms with Crippen LogP contribution in [0.5, 0.6) is 0 Å². The molecule has 1 atom stereocenters. The van der Waals surface area contributed by atoms with Crippen LogP contribution in [0.2, 0.25) is 0 Å². The van der Waals surface area contributed by atoms with Crippen molar-refractivity contribution >= 4 is 0 Å². The summed E-state index contributed by atoms with van der Waals surface area (Å²) >= 11 is 0. The molecule has 3 heteroatoms. The zero-order chi connectivity index (χ0) is 12.3. The Morgan fingerprint density at radius 3 is 2.71 bits per heavy atom. The second kappa shape index (κ2) is 5.17. The van der Waals surface area contributed by atoms with Crippen molar-refractivity contribution in [3.63, 3.8) is 0 Å². The Kier molecular flexibility index (Phi) is 3.61. The van der Waals surface area contributed by atoms with E-state index in [9.17, 15) is 0 Å². The maximum Gasteiger partial charge on any atom is 0.105 e. The standard InChI is InChI=1S/C14H18N2O/c1-10-5-6-13(11(2)8-10)14(16-15)9-12-4-3-7-17-12/h3-8,14,16H,9,15H2,1-2H3. The SMILES string of the molecule is Cc1ccc(C(Cc2ccco2)NN)c(C)c1. The highest BCUT2D eigenvalue weighted by Crippen LogP contribution is 2.22. The van der Waals surface area contributed by atoms with Gasteiger partial charge in [-0.05, 0) is 37.1 Å². The molecule has 1 aromatic carbocycles. The van der Waals surface area contributed by atoms with E-state index in [0.717, 1.165) is 12.2 Å². The number of benzene rings is 1. The Labute approximate surface area is 102 Å². The highest BCUT2D eigenvalue weighted by Gasteiger charge is 2.14. The fourth-order valence-corrected chi connectivity index (χ4v) is 2.11. The molecule has 17 heavy (non-hydrogen) atoms. The largest absolute Gasteiger partial charge is 0.469 e. The van der Waals surface area contributed by atoms with Crippen LogP contribution in [-0.4, -0.2) is 0 Å². The zero-order valence-corrected chi connectivity index (χ0v) is 10.2. The first-order chi connectivity index (χ1) is 8.20. The van der Waals surface area contributed by atoms with Gasteiger partial charge in [-0.3, -0.25) is 11.3 Å². The molecule has 1 unspecified atom stereocenters. The molecule has 0 saturated heterocycles. The maximum absolute atomic E-state index is 5.64. The van der Waals surface area contributed by atoms with Crippen molar-refractivity contribution < 1.29 is 4.42 Å². The maximum atomic E-state index is 5.64. The lowest BCUT2D eigenvalue weighted by atomic mass is 9.97. The molecule has 90 valence electrons. The van der Waals surface area contributed by atoms with Crippen LogP contribution in [0, 0.1) is 13.8 Å². The van der Waals surface area contributed by atoms with Crippen LogP contribution in [0.25, 0.3) is 0 Å². The summed E-state index contributed by atoms with van der Waals surface area (Å²) in [5.41, 5.74) is 6.59. The van der Waals surface area contributed by atoms with Crippen molar-refractivity contribution in [1.29, 1.82) is 0 Å². The lowest BCUT2D eigenvalue weighted by molar-refractivity contribution is 0.454. The summed E-state index contributed by atoms with van der Waals surface area (Å²) < 4.78 is 5.36. The molecule has 0 aliphatic rings. The van der Waals surface area contributed by atoms with E-state index < -0.39 is 0 Å². The predicted molar refractivity (Wildman–Crippen MR) is 68.4 cm³/mol. The second-order valence-electron chi connectivity index (χ2n) is 4.36. The minimum Gasteiger partial charge on any atom is -0.469 e. The fraction of sp³-hybridized carbons (Fsp3) is 0.286. The fourth-order valence-electron chi connectivity index (χ4n) is 2.11. The number of nitrogens with one attached hydrogen (secondary N) is 1. The average molecular weight is 230 g/mol. The minimum absolute atomic E-state index is 0.0850. The summed E-state index contributed by atoms with van der Waals surface area (Å²) in [6, 6.07) is 10.3. The summed E-state index contributed by atoms with van der Waals surface area (Å²) in [4.78, 5) is 0. The number of aryl methyl sites for hydroxylation is 2. The quantitative estimate of drug-likeness (QED) is 0.627. The van der Waals surface area contributed by atoms with E-state index in [0.29, 0.717) is 0 Å². The van der Waals surface area contributed by atoms with Crippen molar-refractivity contribution in [2.45, 2.75) is 26.3 Å². The second-order valence-corrected chi connectivity index (χ2v) is 4.36. The van der Waals surface area contributed by atoms with Gasteiger partial charge in [0.05, 0.1) is 12.3 Å². The Balaban J connectivity index is 2.23. The van der Waals surface area contributed by atoms with Gasteiger partial charge in [0.2, 0.25) is 0 Å². The van der Waals surface area contributed by atoms with Gasteiger partial charge < -0.3 is 4.42 Å². The van der Waals surface area contributed by atoms with Crippen LogP contribution in [0.1, 0.15) is 28.5 Å². The van der Waals surface area contributed by atoms with Crippen molar-refractivity contribution in [3.8, 4) is 0 Å². The predicted octanol–water partition coefficient (Wildman–Crippen LogP) is 2.64. The number of hydrazine groups is 1. The molecule has 0 fully saturated rings. The molecule has 3 nitrogen and oxygen atoms in total. The Morgan fingerprint density at radius 1 is 1.29 bits per heavy atom. The van der Waals surface area contributed by atoms with Gasteiger partial charge in [-0.25, -0.2) is 0 Å². The Bertz CT molecular complexity index is 477. The molecule has 2 rings (SSSR count). The minimum atomic E-state index is 0.0850. The number of hydrogen-bond donors (Lipinski definition) is 2. The number of furan rings is 1. The number of rotatable bonds is 4. The molecular formula is C14H18N2O. The summed E-state index contributed by atoms with van der Waals surface area (Å²) in [6.07, 6.45) is 2.44. The molecule has 1 aromatic heterocycles. The van der Waals surface area contributed by atoms with E-state index in [2.05, 4.69) is 37.5 Å². The number of nitrogens with two attached hydrogens (primary N) is 1. The van der Waals surface area contributed by atoms with Crippen LogP contribution in [0.3, 0.4) is 0 Å². The first-order valence-electron chi connectivity index (χ1n) is 5.76. The van der Waals surface area contributed by atoms with Crippen LogP contribution >= 0.6 is 0 Å². The molecule has 0 aliphatic heterocycles. The van der Waals surface area contributed by atoms with E-state index >= 15 is 0 Å². The van der Waals surface area contributed by atoms with Crippen LogP contribution in [0.15, 0.2) is 41.0 Å². The lowest BCUT2D eigenvalue weighted by Crippen LogP contribution is -2.30. The molecule has 0 radical (unpaired) electrons. The van der Waals surface area contributed by atoms with Crippen molar-refractivity contribution in [2.24, 2.45) is 5.84 Å². The lowest BCUT2D eigenvalue weighted by Gasteiger charge is -2.17. The van der Waals surface area contributed by atoms with Gasteiger partial charge in [0.25, 0.3) is 0 Å². The van der Waals surface area contributed by atoms with Crippen LogP contribution in [0.4, 0.5) is 0 Å². The van der Waals surface area contributed by atoms with E-state index in [1.165, 1.54) is 16.7 Å². The van der Waals surface area contributed by atoms with Gasteiger partial charge in [-0.2, -0.15) is 0 Å². The Hall–Kier alpha value is -1.58. The highest BCUT2D eigenvalue weighted by molar-refractivity contribution is 5.33. The van der Waals surface area contributed by atoms with Crippen LogP contribution in [-0.2, 0) is 6.42 Å². The first-order valence-corrected chi connectivity index (χ1v) is 5.76. The van der Waals surface area contributed by atoms with Gasteiger partial charge in [0.15, 0.2) is 0 Å². The normalized spacial score (nSPS) is 12.6. The van der Waals surface area contributed by atoms with Crippen molar-refractivity contribution in [1.82, 2.24) is 5.43 Å². The molecule has 0 spiro atoms. The van der Waals surface area contributed by atoms with Gasteiger partial charge in [-0.15, -0.1) is 0 Å². The van der Waals surface area contributed by atoms with Crippen molar-refractivity contribution in [2.75, 3.05) is 0 Å². The van der Waals surface area contributed by atoms with E-state index in [1.807, 2.05) is 12.1 Å². The van der Waals surface area contributed by atoms with Crippen LogP contribution < -0.4 is 11.3 Å². The molecule has 0 aliphatic carbocycles. The van der Waals surface area contributed by atoms with Gasteiger partial charge in [0.1, 0.15) is 5.76 Å². The average Bonchev–Trinajstić information content (AvgIpc) is 2.79. The summed E-state index contributed by atoms with van der Waals surface area (Å²) in [7, 11) is 0. The van der Waals surface area contributed by atoms with E-state index in [1.54, 1.807) is 6.26 Å². The Morgan fingerprint density at radius 2 is 2.12 bits per heavy atom. The van der Waals surface area contributed by atoms with Gasteiger partial charge in [-0.1, -0.05) is 23.8 Å². The summed E-state index contributed by atoms with van der Waals surface area (Å²) in [5.74, 6) is 6.57. The molecule has 0 saturated carbocycles. The van der Waals surface area contributed by atoms with E-state index in [4.69, 9.17) is 10.3 Å². The molecule has 3 N–H and O–H groups in total. The third-order valence-electron chi connectivity index (χ3n) is 2.99.